The van der Waals surface area contributed by atoms with Crippen LogP contribution >= 0.6 is 35.4 Å². The number of carbonyl (C=O) groups is 1. The monoisotopic (exact) mass is 485 g/mol. The Morgan fingerprint density at radius 1 is 1.23 bits per heavy atom. The van der Waals surface area contributed by atoms with Crippen LogP contribution in [0.3, 0.4) is 0 Å². The summed E-state index contributed by atoms with van der Waals surface area (Å²) in [5, 5.41) is 6.35. The Hall–Kier alpha value is -2.33. The molecule has 1 unspecified atom stereocenters. The third kappa shape index (κ3) is 4.70. The van der Waals surface area contributed by atoms with E-state index in [1.54, 1.807) is 24.3 Å². The van der Waals surface area contributed by atoms with Gasteiger partial charge in [0.25, 0.3) is 5.91 Å². The van der Waals surface area contributed by atoms with Crippen molar-refractivity contribution in [3.05, 3.63) is 69.7 Å². The van der Waals surface area contributed by atoms with Crippen LogP contribution < -0.4 is 5.32 Å². The molecule has 1 heterocycles. The fourth-order valence-electron chi connectivity index (χ4n) is 2.61. The number of halogens is 3. The Balaban J connectivity index is 1.92. The molecule has 0 saturated heterocycles. The molecule has 1 atom stereocenters. The van der Waals surface area contributed by atoms with Gasteiger partial charge in [0.15, 0.2) is 0 Å². The molecule has 0 spiro atoms. The lowest BCUT2D eigenvalue weighted by molar-refractivity contribution is 0.0976. The molecule has 6 nitrogen and oxygen atoms in total. The van der Waals surface area contributed by atoms with E-state index >= 15 is 0 Å². The van der Waals surface area contributed by atoms with Gasteiger partial charge in [0, 0.05) is 16.2 Å². The predicted octanol–water partition coefficient (Wildman–Crippen LogP) is 5.27. The van der Waals surface area contributed by atoms with Gasteiger partial charge in [0.1, 0.15) is 22.8 Å². The molecule has 0 aliphatic carbocycles. The topological polar surface area (TPSA) is 84.6 Å². The van der Waals surface area contributed by atoms with Gasteiger partial charge in [0.05, 0.1) is 20.3 Å². The van der Waals surface area contributed by atoms with E-state index in [9.17, 15) is 13.4 Å². The van der Waals surface area contributed by atoms with Crippen LogP contribution in [0.1, 0.15) is 16.1 Å². The summed E-state index contributed by atoms with van der Waals surface area (Å²) in [6.45, 7) is 1.48. The van der Waals surface area contributed by atoms with E-state index in [1.807, 2.05) is 0 Å². The van der Waals surface area contributed by atoms with Crippen LogP contribution in [-0.2, 0) is 9.73 Å². The van der Waals surface area contributed by atoms with E-state index in [4.69, 9.17) is 39.9 Å². The molecule has 0 bridgehead atoms. The maximum absolute atomic E-state index is 14.3. The van der Waals surface area contributed by atoms with Gasteiger partial charge in [-0.2, -0.15) is 4.36 Å². The Morgan fingerprint density at radius 3 is 2.53 bits per heavy atom. The Kier molecular flexibility index (Phi) is 6.56. The second-order valence-electron chi connectivity index (χ2n) is 6.17. The highest BCUT2D eigenvalue weighted by Crippen LogP contribution is 2.33. The molecular weight excluding hydrogens is 472 g/mol. The van der Waals surface area contributed by atoms with Crippen molar-refractivity contribution >= 4 is 56.2 Å². The number of hydrogen-bond acceptors (Lipinski definition) is 5. The van der Waals surface area contributed by atoms with E-state index in [0.717, 1.165) is 0 Å². The number of nitrogens with one attached hydrogen (secondary N) is 1. The van der Waals surface area contributed by atoms with Gasteiger partial charge in [-0.3, -0.25) is 10.1 Å². The van der Waals surface area contributed by atoms with E-state index in [0.29, 0.717) is 9.92 Å². The predicted molar refractivity (Wildman–Crippen MR) is 118 cm³/mol. The fourth-order valence-corrected chi connectivity index (χ4v) is 4.62. The summed E-state index contributed by atoms with van der Waals surface area (Å²) in [7, 11) is -2.94. The Morgan fingerprint density at radius 2 is 1.90 bits per heavy atom. The number of aryl methyl sites for hydroxylation is 1. The average Bonchev–Trinajstić information content (AvgIpc) is 3.02. The zero-order valence-corrected chi connectivity index (χ0v) is 18.8. The lowest BCUT2D eigenvalue weighted by Gasteiger charge is -2.08. The van der Waals surface area contributed by atoms with Crippen LogP contribution in [-0.4, -0.2) is 26.6 Å². The Labute approximate surface area is 187 Å². The fraction of sp³-hybridized carbons (Fsp3) is 0.105. The molecule has 1 aromatic heterocycles. The van der Waals surface area contributed by atoms with E-state index in [2.05, 4.69) is 14.8 Å². The number of rotatable bonds is 3. The number of benzene rings is 2. The number of aromatic nitrogens is 1. The van der Waals surface area contributed by atoms with Crippen molar-refractivity contribution in [3.63, 3.8) is 0 Å². The van der Waals surface area contributed by atoms with Crippen molar-refractivity contribution in [1.82, 2.24) is 10.5 Å². The second kappa shape index (κ2) is 8.81. The van der Waals surface area contributed by atoms with Crippen LogP contribution in [0.2, 0.25) is 10.0 Å². The summed E-state index contributed by atoms with van der Waals surface area (Å²) >= 11 is 17.0. The van der Waals surface area contributed by atoms with Crippen molar-refractivity contribution in [1.29, 1.82) is 0 Å². The molecule has 0 saturated carbocycles. The van der Waals surface area contributed by atoms with Crippen molar-refractivity contribution in [2.24, 2.45) is 4.36 Å². The highest BCUT2D eigenvalue weighted by Gasteiger charge is 2.26. The SMILES string of the molecule is Cc1onc(-c2c(F)cccc2Cl)c1C(=O)NC(=S)N=S(C)(=O)c1ccc(Cl)cc1. The van der Waals surface area contributed by atoms with Gasteiger partial charge < -0.3 is 4.52 Å². The van der Waals surface area contributed by atoms with Gasteiger partial charge >= 0.3 is 0 Å². The number of carbonyl (C=O) groups excluding carboxylic acids is 1. The number of hydrogen-bond donors (Lipinski definition) is 1. The van der Waals surface area contributed by atoms with Crippen molar-refractivity contribution in [2.45, 2.75) is 11.8 Å². The van der Waals surface area contributed by atoms with Gasteiger partial charge in [-0.1, -0.05) is 34.4 Å². The van der Waals surface area contributed by atoms with Gasteiger partial charge in [-0.15, -0.1) is 0 Å². The zero-order chi connectivity index (χ0) is 22.1. The molecule has 0 aliphatic rings. The van der Waals surface area contributed by atoms with Crippen LogP contribution in [0.4, 0.5) is 4.39 Å². The largest absolute Gasteiger partial charge is 0.360 e. The van der Waals surface area contributed by atoms with Gasteiger partial charge in [-0.25, -0.2) is 8.60 Å². The van der Waals surface area contributed by atoms with Crippen LogP contribution in [0, 0.1) is 12.7 Å². The molecule has 30 heavy (non-hydrogen) atoms. The molecule has 0 aliphatic heterocycles. The standard InChI is InChI=1S/C19H14Cl2FN3O3S2/c1-10-15(17(24-28-10)16-13(21)4-3-5-14(16)22)18(26)23-19(29)25-30(2,27)12-8-6-11(20)7-9-12/h3-9H,1-2H3,(H,23,26,29). The number of thiocarbonyl (C=S) groups is 1. The molecule has 3 rings (SSSR count). The molecule has 1 N–H and O–H groups in total. The minimum absolute atomic E-state index is 0.0592. The first-order chi connectivity index (χ1) is 14.1. The van der Waals surface area contributed by atoms with E-state index in [1.165, 1.54) is 31.4 Å². The molecule has 2 aromatic carbocycles. The molecule has 1 amide bonds. The first-order valence-corrected chi connectivity index (χ1v) is 11.4. The van der Waals surface area contributed by atoms with Crippen molar-refractivity contribution in [3.8, 4) is 11.3 Å². The lowest BCUT2D eigenvalue weighted by atomic mass is 10.1. The van der Waals surface area contributed by atoms with Crippen molar-refractivity contribution < 1.29 is 17.9 Å². The van der Waals surface area contributed by atoms with Crippen molar-refractivity contribution in [2.75, 3.05) is 6.26 Å². The molecule has 0 fully saturated rings. The third-order valence-corrected chi connectivity index (χ3v) is 6.57. The van der Waals surface area contributed by atoms with E-state index in [-0.39, 0.29) is 32.7 Å². The normalized spacial score (nSPS) is 12.8. The van der Waals surface area contributed by atoms with Crippen LogP contribution in [0.25, 0.3) is 11.3 Å². The first-order valence-electron chi connectivity index (χ1n) is 8.34. The molecule has 156 valence electrons. The first kappa shape index (κ1) is 22.4. The van der Waals surface area contributed by atoms with E-state index < -0.39 is 21.5 Å². The molecule has 3 aromatic rings. The average molecular weight is 486 g/mol. The lowest BCUT2D eigenvalue weighted by Crippen LogP contribution is -2.29. The maximum Gasteiger partial charge on any atom is 0.263 e. The highest BCUT2D eigenvalue weighted by molar-refractivity contribution is 7.94. The summed E-state index contributed by atoms with van der Waals surface area (Å²) in [6.07, 6.45) is 1.38. The smallest absolute Gasteiger partial charge is 0.263 e. The third-order valence-electron chi connectivity index (χ3n) is 4.02. The van der Waals surface area contributed by atoms with Gasteiger partial charge in [-0.05, 0) is 55.5 Å². The summed E-state index contributed by atoms with van der Waals surface area (Å²) in [5.41, 5.74) is -0.219. The quantitative estimate of drug-likeness (QED) is 0.510. The van der Waals surface area contributed by atoms with Crippen LogP contribution in [0.15, 0.2) is 56.2 Å². The Bertz CT molecular complexity index is 1250. The zero-order valence-electron chi connectivity index (χ0n) is 15.6. The summed E-state index contributed by atoms with van der Waals surface area (Å²) in [4.78, 5) is 13.2. The summed E-state index contributed by atoms with van der Waals surface area (Å²) in [6, 6.07) is 10.3. The number of nitrogens with zero attached hydrogens (tertiary/aromatic N) is 2. The van der Waals surface area contributed by atoms with Gasteiger partial charge in [0.2, 0.25) is 5.11 Å². The second-order valence-corrected chi connectivity index (χ2v) is 9.66. The minimum Gasteiger partial charge on any atom is -0.360 e. The molecule has 11 heteroatoms. The van der Waals surface area contributed by atoms with Crippen LogP contribution in [0.5, 0.6) is 0 Å². The minimum atomic E-state index is -2.94. The summed E-state index contributed by atoms with van der Waals surface area (Å²) < 4.78 is 36.2. The molecular formula is C19H14Cl2FN3O3S2. The maximum atomic E-state index is 14.3. The number of amides is 1. The molecule has 0 radical (unpaired) electrons. The summed E-state index contributed by atoms with van der Waals surface area (Å²) in [5.74, 6) is -1.29. The highest BCUT2D eigenvalue weighted by atomic mass is 35.5.